The molecule has 1 amide bonds. The minimum absolute atomic E-state index is 0.00422. The highest BCUT2D eigenvalue weighted by Crippen LogP contribution is 2.13. The molecular formula is C15H21N5O2S. The molecule has 0 fully saturated rings. The highest BCUT2D eigenvalue weighted by Gasteiger charge is 2.09. The molecule has 0 aromatic carbocycles. The van der Waals surface area contributed by atoms with Gasteiger partial charge in [0.25, 0.3) is 0 Å². The van der Waals surface area contributed by atoms with E-state index < -0.39 is 0 Å². The fourth-order valence-corrected chi connectivity index (χ4v) is 3.06. The number of nitrogens with zero attached hydrogens (tertiary/aromatic N) is 3. The highest BCUT2D eigenvalue weighted by molar-refractivity contribution is 7.99. The summed E-state index contributed by atoms with van der Waals surface area (Å²) in [6, 6.07) is 0. The average Bonchev–Trinajstić information content (AvgIpc) is 2.88. The van der Waals surface area contributed by atoms with E-state index in [-0.39, 0.29) is 11.6 Å². The van der Waals surface area contributed by atoms with Crippen LogP contribution in [0.3, 0.4) is 0 Å². The van der Waals surface area contributed by atoms with Gasteiger partial charge in [0.2, 0.25) is 5.91 Å². The Morgan fingerprint density at radius 2 is 2.22 bits per heavy atom. The number of rotatable bonds is 7. The third-order valence-corrected chi connectivity index (χ3v) is 4.55. The first-order valence-corrected chi connectivity index (χ1v) is 8.39. The standard InChI is InChI=1S/C15H21N5O2S/c1-10-12(11(2)19-14(22)18-10)4-5-13(21)16-7-9-23-15-17-6-8-20(15)3/h6,8H,4-5,7,9H2,1-3H3,(H,16,21)(H,18,19,22). The number of hydrogen-bond donors (Lipinski definition) is 2. The SMILES string of the molecule is Cc1nc(=O)[nH]c(C)c1CCC(=O)NCCSc1nccn1C. The Morgan fingerprint density at radius 3 is 2.87 bits per heavy atom. The van der Waals surface area contributed by atoms with Crippen molar-refractivity contribution >= 4 is 17.7 Å². The molecule has 23 heavy (non-hydrogen) atoms. The topological polar surface area (TPSA) is 92.7 Å². The lowest BCUT2D eigenvalue weighted by Crippen LogP contribution is -2.26. The van der Waals surface area contributed by atoms with Crippen LogP contribution in [-0.4, -0.2) is 37.7 Å². The molecule has 2 rings (SSSR count). The minimum atomic E-state index is -0.348. The number of H-pyrrole nitrogens is 1. The second-order valence-electron chi connectivity index (χ2n) is 5.25. The van der Waals surface area contributed by atoms with E-state index in [1.54, 1.807) is 24.9 Å². The quantitative estimate of drug-likeness (QED) is 0.581. The summed E-state index contributed by atoms with van der Waals surface area (Å²) in [7, 11) is 1.94. The van der Waals surface area contributed by atoms with Crippen LogP contribution < -0.4 is 11.0 Å². The molecule has 7 nitrogen and oxygen atoms in total. The Bertz CT molecular complexity index is 711. The van der Waals surface area contributed by atoms with E-state index in [1.807, 2.05) is 24.7 Å². The molecule has 0 bridgehead atoms. The van der Waals surface area contributed by atoms with Crippen molar-refractivity contribution < 1.29 is 4.79 Å². The van der Waals surface area contributed by atoms with Crippen LogP contribution in [0.1, 0.15) is 23.4 Å². The second-order valence-corrected chi connectivity index (χ2v) is 6.31. The molecule has 0 saturated heterocycles. The lowest BCUT2D eigenvalue weighted by Gasteiger charge is -2.09. The van der Waals surface area contributed by atoms with Crippen molar-refractivity contribution in [2.24, 2.45) is 7.05 Å². The van der Waals surface area contributed by atoms with Crippen LogP contribution in [0.4, 0.5) is 0 Å². The minimum Gasteiger partial charge on any atom is -0.355 e. The molecular weight excluding hydrogens is 314 g/mol. The van der Waals surface area contributed by atoms with Crippen molar-refractivity contribution in [2.75, 3.05) is 12.3 Å². The van der Waals surface area contributed by atoms with Crippen LogP contribution in [0.5, 0.6) is 0 Å². The third-order valence-electron chi connectivity index (χ3n) is 3.49. The van der Waals surface area contributed by atoms with E-state index in [9.17, 15) is 9.59 Å². The molecule has 0 radical (unpaired) electrons. The molecule has 0 aliphatic carbocycles. The number of aromatic amines is 1. The number of hydrogen-bond acceptors (Lipinski definition) is 5. The molecule has 0 saturated carbocycles. The largest absolute Gasteiger partial charge is 0.355 e. The Kier molecular flexibility index (Phi) is 5.97. The summed E-state index contributed by atoms with van der Waals surface area (Å²) in [6.45, 7) is 4.21. The third kappa shape index (κ3) is 4.95. The van der Waals surface area contributed by atoms with Crippen molar-refractivity contribution in [3.05, 3.63) is 39.8 Å². The van der Waals surface area contributed by atoms with Crippen LogP contribution in [0.2, 0.25) is 0 Å². The molecule has 2 heterocycles. The van der Waals surface area contributed by atoms with Crippen LogP contribution in [0, 0.1) is 13.8 Å². The van der Waals surface area contributed by atoms with Crippen molar-refractivity contribution in [1.82, 2.24) is 24.8 Å². The molecule has 0 aliphatic heterocycles. The van der Waals surface area contributed by atoms with Crippen molar-refractivity contribution in [3.8, 4) is 0 Å². The molecule has 8 heteroatoms. The Hall–Kier alpha value is -2.09. The van der Waals surface area contributed by atoms with E-state index in [0.717, 1.165) is 22.2 Å². The summed E-state index contributed by atoms with van der Waals surface area (Å²) >= 11 is 1.60. The average molecular weight is 335 g/mol. The zero-order valence-corrected chi connectivity index (χ0v) is 14.4. The van der Waals surface area contributed by atoms with Gasteiger partial charge in [0.15, 0.2) is 5.16 Å². The molecule has 0 aliphatic rings. The van der Waals surface area contributed by atoms with Gasteiger partial charge in [0, 0.05) is 49.5 Å². The predicted molar refractivity (Wildman–Crippen MR) is 89.6 cm³/mol. The molecule has 2 N–H and O–H groups in total. The molecule has 0 atom stereocenters. The monoisotopic (exact) mass is 335 g/mol. The number of aryl methyl sites for hydroxylation is 3. The Morgan fingerprint density at radius 1 is 1.43 bits per heavy atom. The normalized spacial score (nSPS) is 10.7. The first-order chi connectivity index (χ1) is 11.0. The smallest absolute Gasteiger partial charge is 0.345 e. The Labute approximate surface area is 138 Å². The maximum absolute atomic E-state index is 11.9. The van der Waals surface area contributed by atoms with Gasteiger partial charge in [0.1, 0.15) is 0 Å². The van der Waals surface area contributed by atoms with Crippen molar-refractivity contribution in [2.45, 2.75) is 31.8 Å². The first kappa shape index (κ1) is 17.3. The van der Waals surface area contributed by atoms with E-state index in [1.165, 1.54) is 0 Å². The van der Waals surface area contributed by atoms with Crippen LogP contribution >= 0.6 is 11.8 Å². The fourth-order valence-electron chi connectivity index (χ4n) is 2.27. The molecule has 0 unspecified atom stereocenters. The molecule has 2 aromatic heterocycles. The lowest BCUT2D eigenvalue weighted by molar-refractivity contribution is -0.120. The predicted octanol–water partition coefficient (Wildman–Crippen LogP) is 0.961. The summed E-state index contributed by atoms with van der Waals surface area (Å²) in [5.74, 6) is 0.768. The number of amides is 1. The van der Waals surface area contributed by atoms with E-state index in [0.29, 0.717) is 25.1 Å². The first-order valence-electron chi connectivity index (χ1n) is 7.40. The summed E-state index contributed by atoms with van der Waals surface area (Å²) in [6.07, 6.45) is 4.59. The van der Waals surface area contributed by atoms with Gasteiger partial charge in [-0.2, -0.15) is 4.98 Å². The fraction of sp³-hybridized carbons (Fsp3) is 0.467. The van der Waals surface area contributed by atoms with Gasteiger partial charge in [0.05, 0.1) is 0 Å². The van der Waals surface area contributed by atoms with E-state index in [4.69, 9.17) is 0 Å². The summed E-state index contributed by atoms with van der Waals surface area (Å²) in [5, 5.41) is 3.83. The van der Waals surface area contributed by atoms with E-state index >= 15 is 0 Å². The van der Waals surface area contributed by atoms with Gasteiger partial charge in [-0.05, 0) is 25.8 Å². The summed E-state index contributed by atoms with van der Waals surface area (Å²) < 4.78 is 1.95. The van der Waals surface area contributed by atoms with Gasteiger partial charge in [-0.3, -0.25) is 4.79 Å². The number of aromatic nitrogens is 4. The van der Waals surface area contributed by atoms with Crippen LogP contribution in [0.25, 0.3) is 0 Å². The molecule has 124 valence electrons. The van der Waals surface area contributed by atoms with Gasteiger partial charge in [-0.25, -0.2) is 9.78 Å². The number of carbonyl (C=O) groups excluding carboxylic acids is 1. The van der Waals surface area contributed by atoms with Gasteiger partial charge < -0.3 is 14.9 Å². The van der Waals surface area contributed by atoms with Gasteiger partial charge in [-0.15, -0.1) is 0 Å². The van der Waals surface area contributed by atoms with Gasteiger partial charge in [-0.1, -0.05) is 11.8 Å². The zero-order chi connectivity index (χ0) is 16.8. The molecule has 0 spiro atoms. The van der Waals surface area contributed by atoms with E-state index in [2.05, 4.69) is 20.3 Å². The number of carbonyl (C=O) groups is 1. The summed E-state index contributed by atoms with van der Waals surface area (Å²) in [5.41, 5.74) is 2.05. The lowest BCUT2D eigenvalue weighted by atomic mass is 10.1. The van der Waals surface area contributed by atoms with Gasteiger partial charge >= 0.3 is 5.69 Å². The number of nitrogens with one attached hydrogen (secondary N) is 2. The number of imidazole rings is 1. The Balaban J connectivity index is 1.73. The zero-order valence-electron chi connectivity index (χ0n) is 13.5. The summed E-state index contributed by atoms with van der Waals surface area (Å²) in [4.78, 5) is 33.9. The maximum atomic E-state index is 11.9. The van der Waals surface area contributed by atoms with Crippen molar-refractivity contribution in [3.63, 3.8) is 0 Å². The highest BCUT2D eigenvalue weighted by atomic mass is 32.2. The molecule has 2 aromatic rings. The van der Waals surface area contributed by atoms with Crippen LogP contribution in [-0.2, 0) is 18.3 Å². The maximum Gasteiger partial charge on any atom is 0.345 e. The van der Waals surface area contributed by atoms with Crippen LogP contribution in [0.15, 0.2) is 22.3 Å². The second kappa shape index (κ2) is 7.96. The van der Waals surface area contributed by atoms with Crippen molar-refractivity contribution in [1.29, 1.82) is 0 Å². The number of thioether (sulfide) groups is 1.